The van der Waals surface area contributed by atoms with E-state index in [9.17, 15) is 0 Å². The summed E-state index contributed by atoms with van der Waals surface area (Å²) in [6.07, 6.45) is 5.74. The summed E-state index contributed by atoms with van der Waals surface area (Å²) in [4.78, 5) is 1.60. The molecule has 0 bridgehead atoms. The molecule has 1 aromatic carbocycles. The van der Waals surface area contributed by atoms with Crippen LogP contribution in [-0.2, 0) is 0 Å². The van der Waals surface area contributed by atoms with Crippen LogP contribution in [0, 0.1) is 5.92 Å². The molecule has 112 valence electrons. The Bertz CT molecular complexity index is 444. The Hall–Kier alpha value is -0.740. The van der Waals surface area contributed by atoms with Crippen molar-refractivity contribution in [2.45, 2.75) is 51.0 Å². The molecule has 0 spiro atoms. The predicted octanol–water partition coefficient (Wildman–Crippen LogP) is 4.67. The van der Waals surface area contributed by atoms with E-state index in [1.807, 2.05) is 6.26 Å². The molecule has 1 rings (SSSR count). The fourth-order valence-corrected chi connectivity index (χ4v) is 3.17. The Morgan fingerprint density at radius 1 is 1.30 bits per heavy atom. The second-order valence-corrected chi connectivity index (χ2v) is 6.91. The Kier molecular flexibility index (Phi) is 7.38. The van der Waals surface area contributed by atoms with Crippen molar-refractivity contribution in [3.8, 4) is 0 Å². The molecule has 0 amide bonds. The van der Waals surface area contributed by atoms with Gasteiger partial charge >= 0.3 is 0 Å². The molecule has 1 aromatic rings. The minimum absolute atomic E-state index is 0.430. The zero-order valence-electron chi connectivity index (χ0n) is 12.9. The number of hydrogen-bond acceptors (Lipinski definition) is 3. The number of benzene rings is 1. The average Bonchev–Trinajstić information content (AvgIpc) is 2.37. The van der Waals surface area contributed by atoms with Crippen molar-refractivity contribution >= 4 is 34.7 Å². The summed E-state index contributed by atoms with van der Waals surface area (Å²) in [6.45, 7) is 6.76. The van der Waals surface area contributed by atoms with E-state index in [1.165, 1.54) is 19.3 Å². The van der Waals surface area contributed by atoms with E-state index in [1.54, 1.807) is 11.8 Å². The van der Waals surface area contributed by atoms with Gasteiger partial charge in [-0.05, 0) is 37.7 Å². The van der Waals surface area contributed by atoms with Crippen LogP contribution in [0.3, 0.4) is 0 Å². The Morgan fingerprint density at radius 3 is 2.55 bits per heavy atom. The van der Waals surface area contributed by atoms with Crippen LogP contribution in [-0.4, -0.2) is 17.3 Å². The molecular weight excluding hydrogens is 284 g/mol. The third-order valence-electron chi connectivity index (χ3n) is 3.31. The lowest BCUT2D eigenvalue weighted by atomic mass is 10.0. The molecule has 0 aliphatic carbocycles. The van der Waals surface area contributed by atoms with Crippen molar-refractivity contribution in [1.82, 2.24) is 0 Å². The van der Waals surface area contributed by atoms with Crippen molar-refractivity contribution in [2.75, 3.05) is 11.6 Å². The topological polar surface area (TPSA) is 38.0 Å². The average molecular weight is 311 g/mol. The number of nitrogens with two attached hydrogens (primary N) is 1. The predicted molar refractivity (Wildman–Crippen MR) is 95.9 cm³/mol. The summed E-state index contributed by atoms with van der Waals surface area (Å²) in [5.74, 6) is 0.772. The molecule has 1 atom stereocenters. The van der Waals surface area contributed by atoms with Crippen LogP contribution >= 0.6 is 24.0 Å². The van der Waals surface area contributed by atoms with Crippen LogP contribution in [0.15, 0.2) is 23.1 Å². The molecule has 0 heterocycles. The minimum Gasteiger partial charge on any atom is -0.389 e. The van der Waals surface area contributed by atoms with Crippen molar-refractivity contribution in [2.24, 2.45) is 11.7 Å². The molecular formula is C16H26N2S2. The molecule has 0 aromatic heterocycles. The van der Waals surface area contributed by atoms with Gasteiger partial charge in [0.2, 0.25) is 0 Å². The van der Waals surface area contributed by atoms with Crippen molar-refractivity contribution in [1.29, 1.82) is 0 Å². The summed E-state index contributed by atoms with van der Waals surface area (Å²) in [5, 5.41) is 3.56. The first-order chi connectivity index (χ1) is 9.45. The van der Waals surface area contributed by atoms with Gasteiger partial charge in [0.1, 0.15) is 4.99 Å². The van der Waals surface area contributed by atoms with Gasteiger partial charge in [0, 0.05) is 22.2 Å². The molecule has 0 saturated carbocycles. The second kappa shape index (κ2) is 8.53. The highest BCUT2D eigenvalue weighted by atomic mass is 32.2. The molecule has 0 aliphatic heterocycles. The second-order valence-electron chi connectivity index (χ2n) is 5.62. The molecule has 0 saturated heterocycles. The highest BCUT2D eigenvalue weighted by Crippen LogP contribution is 2.28. The Labute approximate surface area is 132 Å². The maximum absolute atomic E-state index is 5.88. The van der Waals surface area contributed by atoms with Gasteiger partial charge in [-0.15, -0.1) is 11.8 Å². The van der Waals surface area contributed by atoms with E-state index in [0.29, 0.717) is 11.0 Å². The summed E-state index contributed by atoms with van der Waals surface area (Å²) in [6, 6.07) is 6.61. The molecule has 0 aliphatic rings. The van der Waals surface area contributed by atoms with Crippen molar-refractivity contribution < 1.29 is 0 Å². The van der Waals surface area contributed by atoms with Gasteiger partial charge in [-0.25, -0.2) is 0 Å². The number of rotatable bonds is 8. The van der Waals surface area contributed by atoms with Crippen LogP contribution in [0.1, 0.15) is 45.6 Å². The number of thiocarbonyl (C=S) groups is 1. The van der Waals surface area contributed by atoms with E-state index in [2.05, 4.69) is 44.3 Å². The van der Waals surface area contributed by atoms with Gasteiger partial charge in [0.05, 0.1) is 0 Å². The molecule has 2 nitrogen and oxygen atoms in total. The van der Waals surface area contributed by atoms with Gasteiger partial charge in [-0.2, -0.15) is 0 Å². The van der Waals surface area contributed by atoms with Crippen LogP contribution in [0.4, 0.5) is 5.69 Å². The van der Waals surface area contributed by atoms with Gasteiger partial charge < -0.3 is 11.1 Å². The fourth-order valence-electron chi connectivity index (χ4n) is 2.25. The molecule has 3 N–H and O–H groups in total. The first kappa shape index (κ1) is 17.3. The SMILES string of the molecule is CSc1cccc(NC(C)CCCC(C)C)c1C(N)=S. The zero-order valence-corrected chi connectivity index (χ0v) is 14.5. The zero-order chi connectivity index (χ0) is 15.1. The van der Waals surface area contributed by atoms with E-state index < -0.39 is 0 Å². The van der Waals surface area contributed by atoms with E-state index >= 15 is 0 Å². The highest BCUT2D eigenvalue weighted by Gasteiger charge is 2.12. The van der Waals surface area contributed by atoms with Crippen LogP contribution < -0.4 is 11.1 Å². The first-order valence-corrected chi connectivity index (χ1v) is 8.82. The Balaban J connectivity index is 2.74. The van der Waals surface area contributed by atoms with Crippen LogP contribution in [0.2, 0.25) is 0 Å². The number of nitrogens with one attached hydrogen (secondary N) is 1. The number of anilines is 1. The lowest BCUT2D eigenvalue weighted by Crippen LogP contribution is -2.20. The molecule has 0 radical (unpaired) electrons. The van der Waals surface area contributed by atoms with E-state index in [4.69, 9.17) is 18.0 Å². The third kappa shape index (κ3) is 5.33. The largest absolute Gasteiger partial charge is 0.389 e. The van der Waals surface area contributed by atoms with E-state index in [0.717, 1.165) is 22.1 Å². The van der Waals surface area contributed by atoms with Crippen LogP contribution in [0.5, 0.6) is 0 Å². The maximum atomic E-state index is 5.88. The van der Waals surface area contributed by atoms with Gasteiger partial charge in [-0.1, -0.05) is 45.0 Å². The normalized spacial score (nSPS) is 12.4. The fraction of sp³-hybridized carbons (Fsp3) is 0.562. The minimum atomic E-state index is 0.430. The van der Waals surface area contributed by atoms with Crippen molar-refractivity contribution in [3.63, 3.8) is 0 Å². The molecule has 1 unspecified atom stereocenters. The summed E-state index contributed by atoms with van der Waals surface area (Å²) >= 11 is 6.88. The highest BCUT2D eigenvalue weighted by molar-refractivity contribution is 7.98. The van der Waals surface area contributed by atoms with Crippen LogP contribution in [0.25, 0.3) is 0 Å². The standard InChI is InChI=1S/C16H26N2S2/c1-11(2)7-5-8-12(3)18-13-9-6-10-14(20-4)15(13)16(17)19/h6,9-12,18H,5,7-8H2,1-4H3,(H2,17,19). The number of hydrogen-bond donors (Lipinski definition) is 2. The van der Waals surface area contributed by atoms with E-state index in [-0.39, 0.29) is 0 Å². The molecule has 4 heteroatoms. The monoisotopic (exact) mass is 310 g/mol. The molecule has 20 heavy (non-hydrogen) atoms. The third-order valence-corrected chi connectivity index (χ3v) is 4.30. The maximum Gasteiger partial charge on any atom is 0.107 e. The smallest absolute Gasteiger partial charge is 0.107 e. The quantitative estimate of drug-likeness (QED) is 0.540. The van der Waals surface area contributed by atoms with Crippen molar-refractivity contribution in [3.05, 3.63) is 23.8 Å². The summed E-state index contributed by atoms with van der Waals surface area (Å²) in [5.41, 5.74) is 7.92. The molecule has 0 fully saturated rings. The van der Waals surface area contributed by atoms with Gasteiger partial charge in [-0.3, -0.25) is 0 Å². The Morgan fingerprint density at radius 2 is 2.00 bits per heavy atom. The lowest BCUT2D eigenvalue weighted by molar-refractivity contribution is 0.520. The number of thioether (sulfide) groups is 1. The first-order valence-electron chi connectivity index (χ1n) is 7.19. The summed E-state index contributed by atoms with van der Waals surface area (Å²) in [7, 11) is 0. The lowest BCUT2D eigenvalue weighted by Gasteiger charge is -2.19. The van der Waals surface area contributed by atoms with Gasteiger partial charge in [0.15, 0.2) is 0 Å². The summed E-state index contributed by atoms with van der Waals surface area (Å²) < 4.78 is 0. The van der Waals surface area contributed by atoms with Gasteiger partial charge in [0.25, 0.3) is 0 Å².